The van der Waals surface area contributed by atoms with E-state index in [9.17, 15) is 0 Å². The Labute approximate surface area is 82.6 Å². The van der Waals surface area contributed by atoms with Crippen molar-refractivity contribution < 1.29 is 9.47 Å². The zero-order valence-electron chi connectivity index (χ0n) is 9.89. The third-order valence-corrected chi connectivity index (χ3v) is 1.59. The Morgan fingerprint density at radius 1 is 1.15 bits per heavy atom. The summed E-state index contributed by atoms with van der Waals surface area (Å²) in [5.74, 6) is 0. The Morgan fingerprint density at radius 3 is 2.00 bits per heavy atom. The molecule has 0 fully saturated rings. The van der Waals surface area contributed by atoms with Crippen molar-refractivity contribution in [3.8, 4) is 0 Å². The molecule has 0 aromatic carbocycles. The molecule has 0 spiro atoms. The van der Waals surface area contributed by atoms with E-state index in [0.717, 1.165) is 6.42 Å². The molecule has 0 aliphatic rings. The molecule has 80 valence electrons. The van der Waals surface area contributed by atoms with Crippen molar-refractivity contribution in [2.45, 2.75) is 65.8 Å². The maximum atomic E-state index is 5.81. The van der Waals surface area contributed by atoms with E-state index in [-0.39, 0.29) is 17.8 Å². The van der Waals surface area contributed by atoms with E-state index in [2.05, 4.69) is 27.7 Å². The van der Waals surface area contributed by atoms with Crippen LogP contribution in [0, 0.1) is 0 Å². The Hall–Kier alpha value is -0.0800. The second kappa shape index (κ2) is 5.61. The molecule has 0 aromatic heterocycles. The molecule has 0 rings (SSSR count). The predicted octanol–water partition coefficient (Wildman–Crippen LogP) is 3.01. The summed E-state index contributed by atoms with van der Waals surface area (Å²) in [5.41, 5.74) is -0.0684. The highest BCUT2D eigenvalue weighted by atomic mass is 16.5. The van der Waals surface area contributed by atoms with Crippen molar-refractivity contribution >= 4 is 0 Å². The van der Waals surface area contributed by atoms with Crippen LogP contribution in [0.25, 0.3) is 0 Å². The van der Waals surface area contributed by atoms with E-state index in [4.69, 9.17) is 9.47 Å². The maximum Gasteiger partial charge on any atom is 0.0813 e. The molecule has 0 aliphatic heterocycles. The van der Waals surface area contributed by atoms with Gasteiger partial charge in [0.15, 0.2) is 0 Å². The van der Waals surface area contributed by atoms with Gasteiger partial charge in [0, 0.05) is 0 Å². The van der Waals surface area contributed by atoms with Crippen molar-refractivity contribution in [2.75, 3.05) is 6.61 Å². The van der Waals surface area contributed by atoms with Crippen molar-refractivity contribution in [2.24, 2.45) is 0 Å². The first kappa shape index (κ1) is 12.9. The lowest BCUT2D eigenvalue weighted by Crippen LogP contribution is -2.31. The van der Waals surface area contributed by atoms with Gasteiger partial charge < -0.3 is 9.47 Å². The van der Waals surface area contributed by atoms with Gasteiger partial charge in [-0.25, -0.2) is 0 Å². The van der Waals surface area contributed by atoms with Gasteiger partial charge in [0.2, 0.25) is 0 Å². The monoisotopic (exact) mass is 188 g/mol. The average Bonchev–Trinajstić information content (AvgIpc) is 1.95. The molecule has 0 amide bonds. The van der Waals surface area contributed by atoms with Gasteiger partial charge >= 0.3 is 0 Å². The Morgan fingerprint density at radius 2 is 1.69 bits per heavy atom. The molecule has 0 N–H and O–H groups in total. The summed E-state index contributed by atoms with van der Waals surface area (Å²) in [6.45, 7) is 13.1. The topological polar surface area (TPSA) is 18.5 Å². The van der Waals surface area contributed by atoms with Crippen LogP contribution in [0.2, 0.25) is 0 Å². The minimum Gasteiger partial charge on any atom is -0.376 e. The zero-order chi connectivity index (χ0) is 10.5. The Balaban J connectivity index is 3.76. The Kier molecular flexibility index (Phi) is 5.57. The van der Waals surface area contributed by atoms with Crippen molar-refractivity contribution in [3.63, 3.8) is 0 Å². The molecule has 0 saturated carbocycles. The first-order chi connectivity index (χ1) is 5.85. The van der Waals surface area contributed by atoms with Gasteiger partial charge in [0.25, 0.3) is 0 Å². The third-order valence-electron chi connectivity index (χ3n) is 1.59. The summed E-state index contributed by atoms with van der Waals surface area (Å²) in [6, 6.07) is 0. The summed E-state index contributed by atoms with van der Waals surface area (Å²) in [7, 11) is 0. The lowest BCUT2D eigenvalue weighted by atomic mass is 10.1. The molecular weight excluding hydrogens is 164 g/mol. The van der Waals surface area contributed by atoms with Crippen LogP contribution >= 0.6 is 0 Å². The van der Waals surface area contributed by atoms with Gasteiger partial charge in [-0.3, -0.25) is 0 Å². The standard InChI is InChI=1S/C11H24O2/c1-7-10(8-12-9(2)3)13-11(4,5)6/h9-10H,7-8H2,1-6H3/t10-/m1/s1. The highest BCUT2D eigenvalue weighted by Gasteiger charge is 2.17. The molecular formula is C11H24O2. The normalized spacial score (nSPS) is 15.0. The fraction of sp³-hybridized carbons (Fsp3) is 1.00. The van der Waals surface area contributed by atoms with Gasteiger partial charge in [0.1, 0.15) is 0 Å². The molecule has 2 heteroatoms. The van der Waals surface area contributed by atoms with Gasteiger partial charge in [-0.05, 0) is 41.0 Å². The first-order valence-corrected chi connectivity index (χ1v) is 5.14. The second-order valence-corrected chi connectivity index (χ2v) is 4.64. The summed E-state index contributed by atoms with van der Waals surface area (Å²) >= 11 is 0. The van der Waals surface area contributed by atoms with E-state index in [1.54, 1.807) is 0 Å². The Bertz CT molecular complexity index is 125. The van der Waals surface area contributed by atoms with Crippen LogP contribution in [0.15, 0.2) is 0 Å². The first-order valence-electron chi connectivity index (χ1n) is 5.14. The molecule has 0 unspecified atom stereocenters. The number of rotatable bonds is 5. The molecule has 13 heavy (non-hydrogen) atoms. The molecule has 0 aromatic rings. The fourth-order valence-corrected chi connectivity index (χ4v) is 1.03. The highest BCUT2D eigenvalue weighted by molar-refractivity contribution is 4.65. The van der Waals surface area contributed by atoms with E-state index >= 15 is 0 Å². The number of hydrogen-bond acceptors (Lipinski definition) is 2. The largest absolute Gasteiger partial charge is 0.376 e. The van der Waals surface area contributed by atoms with E-state index in [1.807, 2.05) is 13.8 Å². The molecule has 0 bridgehead atoms. The summed E-state index contributed by atoms with van der Waals surface area (Å²) in [5, 5.41) is 0. The molecule has 1 atom stereocenters. The van der Waals surface area contributed by atoms with Crippen LogP contribution < -0.4 is 0 Å². The smallest absolute Gasteiger partial charge is 0.0813 e. The second-order valence-electron chi connectivity index (χ2n) is 4.64. The highest BCUT2D eigenvalue weighted by Crippen LogP contribution is 2.13. The van der Waals surface area contributed by atoms with E-state index < -0.39 is 0 Å². The average molecular weight is 188 g/mol. The molecule has 2 nitrogen and oxygen atoms in total. The van der Waals surface area contributed by atoms with Crippen LogP contribution in [-0.4, -0.2) is 24.4 Å². The number of ether oxygens (including phenoxy) is 2. The molecule has 0 heterocycles. The van der Waals surface area contributed by atoms with Crippen LogP contribution in [-0.2, 0) is 9.47 Å². The van der Waals surface area contributed by atoms with Crippen LogP contribution in [0.3, 0.4) is 0 Å². The van der Waals surface area contributed by atoms with Crippen LogP contribution in [0.5, 0.6) is 0 Å². The van der Waals surface area contributed by atoms with E-state index in [1.165, 1.54) is 0 Å². The van der Waals surface area contributed by atoms with Crippen molar-refractivity contribution in [1.29, 1.82) is 0 Å². The van der Waals surface area contributed by atoms with Gasteiger partial charge in [-0.1, -0.05) is 6.92 Å². The van der Waals surface area contributed by atoms with Crippen LogP contribution in [0.4, 0.5) is 0 Å². The van der Waals surface area contributed by atoms with Gasteiger partial charge in [0.05, 0.1) is 24.4 Å². The maximum absolute atomic E-state index is 5.81. The summed E-state index contributed by atoms with van der Waals surface area (Å²) in [4.78, 5) is 0. The third kappa shape index (κ3) is 8.26. The lowest BCUT2D eigenvalue weighted by molar-refractivity contribution is -0.101. The van der Waals surface area contributed by atoms with Crippen molar-refractivity contribution in [1.82, 2.24) is 0 Å². The van der Waals surface area contributed by atoms with Crippen molar-refractivity contribution in [3.05, 3.63) is 0 Å². The van der Waals surface area contributed by atoms with Gasteiger partial charge in [-0.15, -0.1) is 0 Å². The SMILES string of the molecule is CC[C@H](COC(C)C)OC(C)(C)C. The summed E-state index contributed by atoms with van der Waals surface area (Å²) < 4.78 is 11.3. The van der Waals surface area contributed by atoms with E-state index in [0.29, 0.717) is 6.61 Å². The quantitative estimate of drug-likeness (QED) is 0.660. The van der Waals surface area contributed by atoms with Crippen LogP contribution in [0.1, 0.15) is 48.0 Å². The minimum absolute atomic E-state index is 0.0684. The number of hydrogen-bond donors (Lipinski definition) is 0. The molecule has 0 saturated heterocycles. The fourth-order valence-electron chi connectivity index (χ4n) is 1.03. The minimum atomic E-state index is -0.0684. The zero-order valence-corrected chi connectivity index (χ0v) is 9.89. The van der Waals surface area contributed by atoms with Gasteiger partial charge in [-0.2, -0.15) is 0 Å². The molecule has 0 aliphatic carbocycles. The summed E-state index contributed by atoms with van der Waals surface area (Å²) in [6.07, 6.45) is 1.52. The molecule has 0 radical (unpaired) electrons. The lowest BCUT2D eigenvalue weighted by Gasteiger charge is -2.27. The predicted molar refractivity (Wildman–Crippen MR) is 56.0 cm³/mol.